The fourth-order valence-electron chi connectivity index (χ4n) is 3.06. The van der Waals surface area contributed by atoms with Crippen LogP contribution < -0.4 is 10.4 Å². The van der Waals surface area contributed by atoms with Crippen molar-refractivity contribution in [1.82, 2.24) is 0 Å². The average molecular weight is 538 g/mol. The second-order valence-electron chi connectivity index (χ2n) is 6.70. The van der Waals surface area contributed by atoms with Crippen LogP contribution in [-0.2, 0) is 21.1 Å². The molecule has 2 unspecified atom stereocenters. The third-order valence-corrected chi connectivity index (χ3v) is 7.95. The van der Waals surface area contributed by atoms with E-state index in [2.05, 4.69) is 82.1 Å². The molecule has 0 aliphatic carbocycles. The molecule has 26 heavy (non-hydrogen) atoms. The number of benzene rings is 2. The summed E-state index contributed by atoms with van der Waals surface area (Å²) in [6, 6.07) is 19.8. The zero-order valence-electron chi connectivity index (χ0n) is 14.5. The van der Waals surface area contributed by atoms with Crippen LogP contribution in [0.5, 0.6) is 0 Å². The van der Waals surface area contributed by atoms with E-state index < -0.39 is 8.07 Å². The van der Waals surface area contributed by atoms with Crippen LogP contribution in [0.15, 0.2) is 81.4 Å². The van der Waals surface area contributed by atoms with Gasteiger partial charge in [0.15, 0.2) is 0 Å². The molecule has 2 aromatic rings. The van der Waals surface area contributed by atoms with Crippen molar-refractivity contribution in [2.45, 2.75) is 25.2 Å². The molecular formula is C20H18N4PtSi. The molecule has 2 atom stereocenters. The van der Waals surface area contributed by atoms with Crippen molar-refractivity contribution in [2.75, 3.05) is 0 Å². The summed E-state index contributed by atoms with van der Waals surface area (Å²) in [7, 11) is -1.92. The number of nitrogens with zero attached hydrogens (tertiary/aromatic N) is 4. The van der Waals surface area contributed by atoms with Crippen LogP contribution in [0.3, 0.4) is 0 Å². The van der Waals surface area contributed by atoms with Gasteiger partial charge in [-0.2, -0.15) is 79.4 Å². The molecule has 0 saturated heterocycles. The van der Waals surface area contributed by atoms with Crippen LogP contribution in [0.25, 0.3) is 0 Å². The van der Waals surface area contributed by atoms with E-state index in [1.165, 1.54) is 10.4 Å². The SMILES string of the molecule is C[Si](C)(c1[c-]c(C2C=CN=N2)ccc1)c1[c-]c(C2C=CN=N2)ccc1.[Pt+2]. The van der Waals surface area contributed by atoms with E-state index in [0.29, 0.717) is 0 Å². The number of azo groups is 2. The van der Waals surface area contributed by atoms with Crippen molar-refractivity contribution in [3.63, 3.8) is 0 Å². The Labute approximate surface area is 169 Å². The molecule has 2 aromatic carbocycles. The minimum atomic E-state index is -1.92. The summed E-state index contributed by atoms with van der Waals surface area (Å²) >= 11 is 0. The topological polar surface area (TPSA) is 49.4 Å². The van der Waals surface area contributed by atoms with Gasteiger partial charge in [0, 0.05) is 12.4 Å². The molecule has 0 aromatic heterocycles. The zero-order chi connectivity index (χ0) is 17.3. The zero-order valence-corrected chi connectivity index (χ0v) is 17.8. The minimum absolute atomic E-state index is 0. The van der Waals surface area contributed by atoms with Crippen LogP contribution in [0.1, 0.15) is 23.2 Å². The Morgan fingerprint density at radius 1 is 0.769 bits per heavy atom. The van der Waals surface area contributed by atoms with Crippen LogP contribution in [0.4, 0.5) is 0 Å². The van der Waals surface area contributed by atoms with Gasteiger partial charge in [0.25, 0.3) is 0 Å². The molecule has 0 saturated carbocycles. The fraction of sp³-hybridized carbons (Fsp3) is 0.200. The van der Waals surface area contributed by atoms with Crippen LogP contribution in [-0.4, -0.2) is 8.07 Å². The molecule has 0 N–H and O–H groups in total. The van der Waals surface area contributed by atoms with Gasteiger partial charge >= 0.3 is 21.1 Å². The van der Waals surface area contributed by atoms with Gasteiger partial charge < -0.3 is 0 Å². The van der Waals surface area contributed by atoms with E-state index >= 15 is 0 Å². The van der Waals surface area contributed by atoms with Gasteiger partial charge in [-0.15, -0.1) is 11.1 Å². The normalized spacial score (nSPS) is 20.5. The van der Waals surface area contributed by atoms with E-state index in [0.717, 1.165) is 11.1 Å². The van der Waals surface area contributed by atoms with Crippen LogP contribution in [0.2, 0.25) is 13.1 Å². The number of hydrogen-bond donors (Lipinski definition) is 0. The molecule has 2 heterocycles. The van der Waals surface area contributed by atoms with Crippen molar-refractivity contribution >= 4 is 18.4 Å². The third kappa shape index (κ3) is 3.60. The maximum Gasteiger partial charge on any atom is 2.00 e. The van der Waals surface area contributed by atoms with Crippen molar-refractivity contribution < 1.29 is 21.1 Å². The van der Waals surface area contributed by atoms with Gasteiger partial charge in [0.2, 0.25) is 0 Å². The monoisotopic (exact) mass is 537 g/mol. The average Bonchev–Trinajstić information content (AvgIpc) is 3.36. The maximum atomic E-state index is 4.23. The summed E-state index contributed by atoms with van der Waals surface area (Å²) in [6.07, 6.45) is 7.48. The molecular weight excluding hydrogens is 519 g/mol. The van der Waals surface area contributed by atoms with Gasteiger partial charge in [0.05, 0.1) is 20.2 Å². The van der Waals surface area contributed by atoms with Gasteiger partial charge in [0.1, 0.15) is 0 Å². The van der Waals surface area contributed by atoms with E-state index in [1.54, 1.807) is 12.4 Å². The first-order chi connectivity index (χ1) is 12.1. The second-order valence-corrected chi connectivity index (χ2v) is 11.0. The Hall–Kier alpha value is -1.97. The maximum absolute atomic E-state index is 4.23. The van der Waals surface area contributed by atoms with E-state index in [4.69, 9.17) is 0 Å². The van der Waals surface area contributed by atoms with E-state index in [1.807, 2.05) is 12.2 Å². The Morgan fingerprint density at radius 2 is 1.23 bits per heavy atom. The van der Waals surface area contributed by atoms with Gasteiger partial charge in [-0.3, -0.25) is 0 Å². The molecule has 4 rings (SSSR count). The first kappa shape index (κ1) is 18.8. The summed E-state index contributed by atoms with van der Waals surface area (Å²) in [5.41, 5.74) is 2.14. The predicted octanol–water partition coefficient (Wildman–Crippen LogP) is 4.15. The van der Waals surface area contributed by atoms with Gasteiger partial charge in [-0.25, -0.2) is 0 Å². The molecule has 132 valence electrons. The molecule has 2 aliphatic heterocycles. The Kier molecular flexibility index (Phi) is 5.59. The number of rotatable bonds is 4. The van der Waals surface area contributed by atoms with E-state index in [9.17, 15) is 0 Å². The minimum Gasteiger partial charge on any atom is -0.179 e. The molecule has 4 nitrogen and oxygen atoms in total. The fourth-order valence-corrected chi connectivity index (χ4v) is 5.29. The van der Waals surface area contributed by atoms with E-state index in [-0.39, 0.29) is 33.1 Å². The largest absolute Gasteiger partial charge is 2.00 e. The second kappa shape index (κ2) is 7.73. The summed E-state index contributed by atoms with van der Waals surface area (Å²) in [4.78, 5) is 0. The summed E-state index contributed by atoms with van der Waals surface area (Å²) in [5, 5.41) is 18.9. The molecule has 0 radical (unpaired) electrons. The Bertz CT molecular complexity index is 820. The molecule has 6 heteroatoms. The van der Waals surface area contributed by atoms with Crippen molar-refractivity contribution in [2.24, 2.45) is 20.5 Å². The molecule has 0 bridgehead atoms. The summed E-state index contributed by atoms with van der Waals surface area (Å²) in [5.74, 6) is 0. The van der Waals surface area contributed by atoms with Crippen molar-refractivity contribution in [3.8, 4) is 0 Å². The van der Waals surface area contributed by atoms with Crippen LogP contribution in [0, 0.1) is 12.1 Å². The molecule has 0 amide bonds. The standard InChI is InChI=1S/C20H18N4Si.Pt/c1-25(2,17-7-3-5-15(13-17)19-9-11-21-23-19)18-8-4-6-16(14-18)20-10-12-22-24-20;/h3-12,19-20H,1-2H3;/q-2;+2. The first-order valence-corrected chi connectivity index (χ1v) is 11.3. The third-order valence-electron chi connectivity index (χ3n) is 4.67. The van der Waals surface area contributed by atoms with Crippen LogP contribution >= 0.6 is 0 Å². The molecule has 0 spiro atoms. The van der Waals surface area contributed by atoms with Gasteiger partial charge in [-0.1, -0.05) is 13.1 Å². The Morgan fingerprint density at radius 3 is 1.62 bits per heavy atom. The van der Waals surface area contributed by atoms with Crippen molar-refractivity contribution in [1.29, 1.82) is 0 Å². The summed E-state index contributed by atoms with van der Waals surface area (Å²) < 4.78 is 0. The molecule has 2 aliphatic rings. The first-order valence-electron chi connectivity index (χ1n) is 8.33. The molecule has 0 fully saturated rings. The predicted molar refractivity (Wildman–Crippen MR) is 101 cm³/mol. The quantitative estimate of drug-likeness (QED) is 0.416. The van der Waals surface area contributed by atoms with Crippen molar-refractivity contribution in [3.05, 3.63) is 84.2 Å². The summed E-state index contributed by atoms with van der Waals surface area (Å²) in [6.45, 7) is 4.66. The Balaban J connectivity index is 0.00000196. The number of hydrogen-bond acceptors (Lipinski definition) is 4. The van der Waals surface area contributed by atoms with Gasteiger partial charge in [-0.05, 0) is 12.2 Å². The smallest absolute Gasteiger partial charge is 0.179 e.